The van der Waals surface area contributed by atoms with Crippen LogP contribution in [0, 0.1) is 12.8 Å². The lowest BCUT2D eigenvalue weighted by atomic mass is 10.1. The quantitative estimate of drug-likeness (QED) is 0.417. The first kappa shape index (κ1) is 19.3. The molecule has 0 spiro atoms. The third kappa shape index (κ3) is 7.88. The van der Waals surface area contributed by atoms with Gasteiger partial charge in [-0.1, -0.05) is 26.0 Å². The number of hydrogen-bond acceptors (Lipinski definition) is 3. The van der Waals surface area contributed by atoms with E-state index < -0.39 is 0 Å². The van der Waals surface area contributed by atoms with Gasteiger partial charge in [0.05, 0.1) is 13.7 Å². The molecular weight excluding hydrogens is 290 g/mol. The molecule has 0 atom stereocenters. The van der Waals surface area contributed by atoms with Crippen molar-refractivity contribution in [3.63, 3.8) is 0 Å². The fraction of sp³-hybridized carbons (Fsp3) is 0.611. The van der Waals surface area contributed by atoms with E-state index in [1.54, 1.807) is 14.2 Å². The zero-order chi connectivity index (χ0) is 17.1. The molecule has 0 aromatic heterocycles. The van der Waals surface area contributed by atoms with E-state index in [-0.39, 0.29) is 0 Å². The van der Waals surface area contributed by atoms with E-state index in [1.807, 2.05) is 13.0 Å². The van der Waals surface area contributed by atoms with E-state index in [0.29, 0.717) is 12.5 Å². The Labute approximate surface area is 140 Å². The van der Waals surface area contributed by atoms with Gasteiger partial charge < -0.3 is 20.1 Å². The molecule has 0 aliphatic heterocycles. The van der Waals surface area contributed by atoms with Crippen molar-refractivity contribution in [1.82, 2.24) is 10.6 Å². The maximum atomic E-state index is 5.58. The van der Waals surface area contributed by atoms with Crippen LogP contribution in [0.3, 0.4) is 0 Å². The van der Waals surface area contributed by atoms with Crippen LogP contribution in [0.15, 0.2) is 23.2 Å². The molecule has 5 nitrogen and oxygen atoms in total. The molecule has 0 amide bonds. The van der Waals surface area contributed by atoms with Crippen LogP contribution in [0.4, 0.5) is 0 Å². The maximum absolute atomic E-state index is 5.58. The first-order valence-corrected chi connectivity index (χ1v) is 8.22. The molecule has 0 radical (unpaired) electrons. The molecule has 2 N–H and O–H groups in total. The molecule has 5 heteroatoms. The highest BCUT2D eigenvalue weighted by Crippen LogP contribution is 2.18. The Kier molecular flexibility index (Phi) is 9.14. The number of nitrogens with one attached hydrogen (secondary N) is 2. The molecule has 1 aromatic rings. The molecule has 0 aliphatic carbocycles. The summed E-state index contributed by atoms with van der Waals surface area (Å²) in [6.07, 6.45) is 1.10. The monoisotopic (exact) mass is 321 g/mol. The Hall–Kier alpha value is -1.75. The highest BCUT2D eigenvalue weighted by Gasteiger charge is 2.02. The number of aryl methyl sites for hydroxylation is 1. The molecule has 0 aliphatic rings. The number of benzene rings is 1. The second-order valence-electron chi connectivity index (χ2n) is 5.95. The van der Waals surface area contributed by atoms with Crippen molar-refractivity contribution in [3.8, 4) is 5.75 Å². The summed E-state index contributed by atoms with van der Waals surface area (Å²) in [5, 5.41) is 6.56. The lowest BCUT2D eigenvalue weighted by Crippen LogP contribution is -2.38. The Bertz CT molecular complexity index is 487. The van der Waals surface area contributed by atoms with Crippen molar-refractivity contribution >= 4 is 5.96 Å². The number of rotatable bonds is 9. The molecule has 1 rings (SSSR count). The fourth-order valence-electron chi connectivity index (χ4n) is 2.12. The van der Waals surface area contributed by atoms with Crippen LogP contribution in [0.5, 0.6) is 5.75 Å². The van der Waals surface area contributed by atoms with Gasteiger partial charge in [0.1, 0.15) is 5.75 Å². The van der Waals surface area contributed by atoms with Gasteiger partial charge in [-0.2, -0.15) is 0 Å². The van der Waals surface area contributed by atoms with Crippen molar-refractivity contribution in [1.29, 1.82) is 0 Å². The molecule has 0 heterocycles. The lowest BCUT2D eigenvalue weighted by molar-refractivity contribution is 0.128. The van der Waals surface area contributed by atoms with Crippen molar-refractivity contribution < 1.29 is 9.47 Å². The molecule has 0 unspecified atom stereocenters. The summed E-state index contributed by atoms with van der Waals surface area (Å²) in [5.41, 5.74) is 2.33. The average molecular weight is 321 g/mol. The third-order valence-electron chi connectivity index (χ3n) is 3.52. The summed E-state index contributed by atoms with van der Waals surface area (Å²) in [5.74, 6) is 2.38. The number of hydrogen-bond donors (Lipinski definition) is 2. The van der Waals surface area contributed by atoms with Gasteiger partial charge in [-0.15, -0.1) is 0 Å². The summed E-state index contributed by atoms with van der Waals surface area (Å²) in [6.45, 7) is 9.43. The molecule has 23 heavy (non-hydrogen) atoms. The van der Waals surface area contributed by atoms with Gasteiger partial charge in [-0.3, -0.25) is 4.99 Å². The van der Waals surface area contributed by atoms with Gasteiger partial charge in [-0.25, -0.2) is 0 Å². The second kappa shape index (κ2) is 10.9. The van der Waals surface area contributed by atoms with Crippen molar-refractivity contribution in [3.05, 3.63) is 29.3 Å². The number of aliphatic imine (C=N–C) groups is 1. The maximum Gasteiger partial charge on any atom is 0.191 e. The van der Waals surface area contributed by atoms with Gasteiger partial charge in [0.25, 0.3) is 0 Å². The predicted molar refractivity (Wildman–Crippen MR) is 96.2 cm³/mol. The lowest BCUT2D eigenvalue weighted by Gasteiger charge is -2.13. The van der Waals surface area contributed by atoms with Gasteiger partial charge in [0, 0.05) is 26.7 Å². The third-order valence-corrected chi connectivity index (χ3v) is 3.52. The Morgan fingerprint density at radius 1 is 1.22 bits per heavy atom. The average Bonchev–Trinajstić information content (AvgIpc) is 2.53. The smallest absolute Gasteiger partial charge is 0.191 e. The largest absolute Gasteiger partial charge is 0.496 e. The normalized spacial score (nSPS) is 11.7. The zero-order valence-electron chi connectivity index (χ0n) is 15.1. The van der Waals surface area contributed by atoms with E-state index >= 15 is 0 Å². The molecule has 0 fully saturated rings. The van der Waals surface area contributed by atoms with E-state index in [1.165, 1.54) is 5.56 Å². The standard InChI is InChI=1S/C18H31N3O2/c1-14(2)8-10-23-11-9-20-18(19-4)21-13-16-6-7-17(22-5)15(3)12-16/h6-7,12,14H,8-11,13H2,1-5H3,(H2,19,20,21). The zero-order valence-corrected chi connectivity index (χ0v) is 15.1. The van der Waals surface area contributed by atoms with Gasteiger partial charge in [0.2, 0.25) is 0 Å². The second-order valence-corrected chi connectivity index (χ2v) is 5.95. The molecule has 130 valence electrons. The highest BCUT2D eigenvalue weighted by molar-refractivity contribution is 5.79. The van der Waals surface area contributed by atoms with E-state index in [2.05, 4.69) is 41.6 Å². The molecule has 0 saturated carbocycles. The Morgan fingerprint density at radius 3 is 2.61 bits per heavy atom. The molecule has 0 saturated heterocycles. The minimum atomic E-state index is 0.686. The first-order chi connectivity index (χ1) is 11.1. The predicted octanol–water partition coefficient (Wildman–Crippen LogP) is 2.73. The van der Waals surface area contributed by atoms with Crippen LogP contribution in [0.2, 0.25) is 0 Å². The number of methoxy groups -OCH3 is 1. The van der Waals surface area contributed by atoms with Crippen molar-refractivity contribution in [2.24, 2.45) is 10.9 Å². The van der Waals surface area contributed by atoms with E-state index in [4.69, 9.17) is 9.47 Å². The number of guanidine groups is 1. The van der Waals surface area contributed by atoms with Crippen LogP contribution < -0.4 is 15.4 Å². The fourth-order valence-corrected chi connectivity index (χ4v) is 2.12. The molecule has 1 aromatic carbocycles. The Morgan fingerprint density at radius 2 is 2.00 bits per heavy atom. The number of ether oxygens (including phenoxy) is 2. The van der Waals surface area contributed by atoms with Crippen LogP contribution in [-0.2, 0) is 11.3 Å². The Balaban J connectivity index is 2.27. The molecular formula is C18H31N3O2. The summed E-state index contributed by atoms with van der Waals surface area (Å²) in [6, 6.07) is 6.17. The minimum Gasteiger partial charge on any atom is -0.496 e. The van der Waals surface area contributed by atoms with Crippen LogP contribution in [-0.4, -0.2) is 39.9 Å². The van der Waals surface area contributed by atoms with Crippen LogP contribution in [0.1, 0.15) is 31.4 Å². The minimum absolute atomic E-state index is 0.686. The van der Waals surface area contributed by atoms with Gasteiger partial charge >= 0.3 is 0 Å². The number of nitrogens with zero attached hydrogens (tertiary/aromatic N) is 1. The van der Waals surface area contributed by atoms with E-state index in [9.17, 15) is 0 Å². The van der Waals surface area contributed by atoms with Crippen LogP contribution >= 0.6 is 0 Å². The first-order valence-electron chi connectivity index (χ1n) is 8.22. The highest BCUT2D eigenvalue weighted by atomic mass is 16.5. The molecule has 0 bridgehead atoms. The van der Waals surface area contributed by atoms with E-state index in [0.717, 1.165) is 43.4 Å². The summed E-state index contributed by atoms with van der Waals surface area (Å²) < 4.78 is 10.9. The van der Waals surface area contributed by atoms with Crippen molar-refractivity contribution in [2.75, 3.05) is 33.9 Å². The van der Waals surface area contributed by atoms with Crippen molar-refractivity contribution in [2.45, 2.75) is 33.7 Å². The summed E-state index contributed by atoms with van der Waals surface area (Å²) in [4.78, 5) is 4.22. The van der Waals surface area contributed by atoms with Gasteiger partial charge in [-0.05, 0) is 36.5 Å². The SMILES string of the molecule is CN=C(NCCOCCC(C)C)NCc1ccc(OC)c(C)c1. The summed E-state index contributed by atoms with van der Waals surface area (Å²) in [7, 11) is 3.46. The topological polar surface area (TPSA) is 54.9 Å². The van der Waals surface area contributed by atoms with Gasteiger partial charge in [0.15, 0.2) is 5.96 Å². The summed E-state index contributed by atoms with van der Waals surface area (Å²) >= 11 is 0. The van der Waals surface area contributed by atoms with Crippen LogP contribution in [0.25, 0.3) is 0 Å².